The van der Waals surface area contributed by atoms with Crippen molar-refractivity contribution in [3.05, 3.63) is 57.3 Å². The van der Waals surface area contributed by atoms with E-state index in [-0.39, 0.29) is 5.91 Å². The Morgan fingerprint density at radius 2 is 1.89 bits per heavy atom. The van der Waals surface area contributed by atoms with Gasteiger partial charge in [0.15, 0.2) is 0 Å². The maximum Gasteiger partial charge on any atom is 0.255 e. The van der Waals surface area contributed by atoms with Crippen LogP contribution in [0.5, 0.6) is 0 Å². The summed E-state index contributed by atoms with van der Waals surface area (Å²) in [6, 6.07) is 8.63. The zero-order valence-corrected chi connectivity index (χ0v) is 12.0. The van der Waals surface area contributed by atoms with Crippen molar-refractivity contribution >= 4 is 34.8 Å². The number of pyridine rings is 1. The third-order valence-corrected chi connectivity index (χ3v) is 3.06. The van der Waals surface area contributed by atoms with Crippen molar-refractivity contribution in [3.8, 4) is 0 Å². The highest BCUT2D eigenvalue weighted by Crippen LogP contribution is 2.23. The van der Waals surface area contributed by atoms with Crippen LogP contribution in [0.2, 0.25) is 10.2 Å². The van der Waals surface area contributed by atoms with Crippen molar-refractivity contribution in [2.75, 3.05) is 5.32 Å². The minimum atomic E-state index is -0.266. The summed E-state index contributed by atoms with van der Waals surface area (Å²) >= 11 is 11.9. The highest BCUT2D eigenvalue weighted by molar-refractivity contribution is 6.34. The first-order valence-corrected chi connectivity index (χ1v) is 6.43. The van der Waals surface area contributed by atoms with E-state index < -0.39 is 0 Å². The van der Waals surface area contributed by atoms with E-state index in [2.05, 4.69) is 10.3 Å². The van der Waals surface area contributed by atoms with Gasteiger partial charge in [-0.05, 0) is 43.7 Å². The van der Waals surface area contributed by atoms with Crippen LogP contribution in [0.25, 0.3) is 0 Å². The van der Waals surface area contributed by atoms with Crippen molar-refractivity contribution in [2.45, 2.75) is 13.8 Å². The van der Waals surface area contributed by atoms with E-state index in [1.165, 1.54) is 6.07 Å². The molecule has 0 atom stereocenters. The second-order valence-electron chi connectivity index (χ2n) is 4.26. The number of benzene rings is 1. The van der Waals surface area contributed by atoms with Gasteiger partial charge in [-0.25, -0.2) is 4.98 Å². The molecule has 2 aromatic rings. The molecule has 0 radical (unpaired) electrons. The number of amides is 1. The molecule has 5 heteroatoms. The van der Waals surface area contributed by atoms with E-state index in [0.717, 1.165) is 5.56 Å². The maximum absolute atomic E-state index is 12.1. The second kappa shape index (κ2) is 5.59. The van der Waals surface area contributed by atoms with Crippen LogP contribution in [0.15, 0.2) is 30.3 Å². The van der Waals surface area contributed by atoms with Crippen LogP contribution in [0, 0.1) is 13.8 Å². The van der Waals surface area contributed by atoms with Gasteiger partial charge in [-0.2, -0.15) is 0 Å². The van der Waals surface area contributed by atoms with Crippen molar-refractivity contribution in [3.63, 3.8) is 0 Å². The molecule has 98 valence electrons. The van der Waals surface area contributed by atoms with Crippen molar-refractivity contribution in [2.24, 2.45) is 0 Å². The van der Waals surface area contributed by atoms with Gasteiger partial charge in [-0.3, -0.25) is 4.79 Å². The van der Waals surface area contributed by atoms with Gasteiger partial charge in [0.2, 0.25) is 0 Å². The van der Waals surface area contributed by atoms with Crippen molar-refractivity contribution < 1.29 is 4.79 Å². The lowest BCUT2D eigenvalue weighted by molar-refractivity contribution is 0.102. The molecule has 0 fully saturated rings. The Hall–Kier alpha value is -1.58. The van der Waals surface area contributed by atoms with E-state index in [9.17, 15) is 4.79 Å². The molecule has 1 amide bonds. The average Bonchev–Trinajstić information content (AvgIpc) is 2.31. The molecule has 0 bridgehead atoms. The van der Waals surface area contributed by atoms with Crippen LogP contribution in [-0.4, -0.2) is 10.9 Å². The molecular formula is C14H12Cl2N2O. The van der Waals surface area contributed by atoms with Crippen LogP contribution in [0.1, 0.15) is 21.6 Å². The Kier molecular flexibility index (Phi) is 4.08. The molecule has 19 heavy (non-hydrogen) atoms. The quantitative estimate of drug-likeness (QED) is 0.841. The topological polar surface area (TPSA) is 42.0 Å². The summed E-state index contributed by atoms with van der Waals surface area (Å²) in [6.07, 6.45) is 0. The van der Waals surface area contributed by atoms with E-state index in [4.69, 9.17) is 23.2 Å². The molecule has 0 aliphatic carbocycles. The van der Waals surface area contributed by atoms with Crippen molar-refractivity contribution in [1.82, 2.24) is 4.98 Å². The maximum atomic E-state index is 12.1. The number of nitrogens with zero attached hydrogens (tertiary/aromatic N) is 1. The third-order valence-electron chi connectivity index (χ3n) is 2.56. The molecule has 0 unspecified atom stereocenters. The lowest BCUT2D eigenvalue weighted by Gasteiger charge is -2.08. The Morgan fingerprint density at radius 1 is 1.16 bits per heavy atom. The van der Waals surface area contributed by atoms with Crippen LogP contribution in [0.3, 0.4) is 0 Å². The second-order valence-corrected chi connectivity index (χ2v) is 5.05. The fraction of sp³-hybridized carbons (Fsp3) is 0.143. The Labute approximate surface area is 121 Å². The molecule has 1 heterocycles. The first kappa shape index (κ1) is 13.8. The number of carbonyl (C=O) groups excluding carboxylic acids is 1. The van der Waals surface area contributed by atoms with Crippen LogP contribution >= 0.6 is 23.2 Å². The molecule has 3 nitrogen and oxygen atoms in total. The Bertz CT molecular complexity index is 621. The SMILES string of the molecule is Cc1ccc(NC(=O)c2cc(C)nc(Cl)c2)c(Cl)c1. The van der Waals surface area contributed by atoms with Crippen LogP contribution in [0.4, 0.5) is 5.69 Å². The van der Waals surface area contributed by atoms with E-state index in [0.29, 0.717) is 27.1 Å². The summed E-state index contributed by atoms with van der Waals surface area (Å²) in [5.74, 6) is -0.266. The predicted octanol–water partition coefficient (Wildman–Crippen LogP) is 4.26. The number of hydrogen-bond donors (Lipinski definition) is 1. The molecule has 1 N–H and O–H groups in total. The first-order valence-electron chi connectivity index (χ1n) is 5.67. The van der Waals surface area contributed by atoms with E-state index in [1.807, 2.05) is 13.0 Å². The predicted molar refractivity (Wildman–Crippen MR) is 78.1 cm³/mol. The highest BCUT2D eigenvalue weighted by Gasteiger charge is 2.10. The van der Waals surface area contributed by atoms with Crippen LogP contribution < -0.4 is 5.32 Å². The zero-order valence-electron chi connectivity index (χ0n) is 10.5. The molecule has 0 saturated heterocycles. The number of rotatable bonds is 2. The highest BCUT2D eigenvalue weighted by atomic mass is 35.5. The summed E-state index contributed by atoms with van der Waals surface area (Å²) in [7, 11) is 0. The van der Waals surface area contributed by atoms with Gasteiger partial charge in [-0.1, -0.05) is 29.3 Å². The minimum absolute atomic E-state index is 0.266. The monoisotopic (exact) mass is 294 g/mol. The van der Waals surface area contributed by atoms with Crippen LogP contribution in [-0.2, 0) is 0 Å². The van der Waals surface area contributed by atoms with Gasteiger partial charge in [0.05, 0.1) is 10.7 Å². The van der Waals surface area contributed by atoms with Crippen molar-refractivity contribution in [1.29, 1.82) is 0 Å². The molecule has 0 aliphatic heterocycles. The van der Waals surface area contributed by atoms with E-state index in [1.54, 1.807) is 25.1 Å². The van der Waals surface area contributed by atoms with Gasteiger partial charge in [-0.15, -0.1) is 0 Å². The van der Waals surface area contributed by atoms with Gasteiger partial charge in [0.1, 0.15) is 5.15 Å². The lowest BCUT2D eigenvalue weighted by Crippen LogP contribution is -2.12. The molecule has 0 aliphatic rings. The average molecular weight is 295 g/mol. The van der Waals surface area contributed by atoms with Gasteiger partial charge in [0, 0.05) is 11.3 Å². The third kappa shape index (κ3) is 3.46. The number of halogens is 2. The van der Waals surface area contributed by atoms with Gasteiger partial charge < -0.3 is 5.32 Å². The standard InChI is InChI=1S/C14H12Cl2N2O/c1-8-3-4-12(11(15)5-8)18-14(19)10-6-9(2)17-13(16)7-10/h3-7H,1-2H3,(H,18,19). The fourth-order valence-electron chi connectivity index (χ4n) is 1.68. The summed E-state index contributed by atoms with van der Waals surface area (Å²) in [4.78, 5) is 16.1. The lowest BCUT2D eigenvalue weighted by atomic mass is 10.2. The zero-order chi connectivity index (χ0) is 14.0. The smallest absolute Gasteiger partial charge is 0.255 e. The summed E-state index contributed by atoms with van der Waals surface area (Å²) in [5.41, 5.74) is 2.75. The molecule has 2 rings (SSSR count). The number of anilines is 1. The normalized spacial score (nSPS) is 10.3. The Balaban J connectivity index is 2.25. The molecule has 1 aromatic heterocycles. The van der Waals surface area contributed by atoms with Gasteiger partial charge >= 0.3 is 0 Å². The number of hydrogen-bond acceptors (Lipinski definition) is 2. The molecule has 1 aromatic carbocycles. The molecule has 0 saturated carbocycles. The summed E-state index contributed by atoms with van der Waals surface area (Å²) < 4.78 is 0. The largest absolute Gasteiger partial charge is 0.321 e. The number of nitrogens with one attached hydrogen (secondary N) is 1. The van der Waals surface area contributed by atoms with Gasteiger partial charge in [0.25, 0.3) is 5.91 Å². The number of carbonyl (C=O) groups is 1. The number of aryl methyl sites for hydroxylation is 2. The molecule has 0 spiro atoms. The van der Waals surface area contributed by atoms with E-state index >= 15 is 0 Å². The number of aromatic nitrogens is 1. The summed E-state index contributed by atoms with van der Waals surface area (Å²) in [6.45, 7) is 3.71. The minimum Gasteiger partial charge on any atom is -0.321 e. The fourth-order valence-corrected chi connectivity index (χ4v) is 2.21. The summed E-state index contributed by atoms with van der Waals surface area (Å²) in [5, 5.41) is 3.55. The molecular weight excluding hydrogens is 283 g/mol. The first-order chi connectivity index (χ1) is 8.95. The Morgan fingerprint density at radius 3 is 2.53 bits per heavy atom.